The van der Waals surface area contributed by atoms with Crippen LogP contribution in [0.5, 0.6) is 0 Å². The van der Waals surface area contributed by atoms with Crippen LogP contribution in [0.1, 0.15) is 40.0 Å². The quantitative estimate of drug-likeness (QED) is 0.832. The molecule has 0 aliphatic carbocycles. The minimum absolute atomic E-state index is 0.161. The SMILES string of the molecule is CCC(CC)(CC)Nc1cc(Br)ncn1. The van der Waals surface area contributed by atoms with Crippen molar-refractivity contribution in [3.63, 3.8) is 0 Å². The van der Waals surface area contributed by atoms with Gasteiger partial charge in [0.2, 0.25) is 0 Å². The first-order chi connectivity index (χ1) is 7.15. The normalized spacial score (nSPS) is 11.5. The molecule has 0 amide bonds. The van der Waals surface area contributed by atoms with Crippen LogP contribution in [0, 0.1) is 0 Å². The Morgan fingerprint density at radius 1 is 1.20 bits per heavy atom. The number of aromatic nitrogens is 2. The van der Waals surface area contributed by atoms with E-state index in [0.717, 1.165) is 29.7 Å². The molecule has 0 unspecified atom stereocenters. The molecule has 4 heteroatoms. The number of hydrogen-bond acceptors (Lipinski definition) is 3. The minimum Gasteiger partial charge on any atom is -0.365 e. The lowest BCUT2D eigenvalue weighted by atomic mass is 9.90. The van der Waals surface area contributed by atoms with E-state index in [1.807, 2.05) is 6.07 Å². The molecule has 0 spiro atoms. The first-order valence-corrected chi connectivity index (χ1v) is 6.20. The maximum absolute atomic E-state index is 4.22. The molecule has 0 bridgehead atoms. The molecular weight excluding hydrogens is 254 g/mol. The molecule has 0 radical (unpaired) electrons. The summed E-state index contributed by atoms with van der Waals surface area (Å²) in [6.07, 6.45) is 4.86. The number of rotatable bonds is 5. The van der Waals surface area contributed by atoms with E-state index < -0.39 is 0 Å². The van der Waals surface area contributed by atoms with E-state index in [1.54, 1.807) is 6.33 Å². The Hall–Kier alpha value is -0.640. The minimum atomic E-state index is 0.161. The van der Waals surface area contributed by atoms with Crippen molar-refractivity contribution in [3.8, 4) is 0 Å². The molecule has 0 aromatic carbocycles. The first kappa shape index (κ1) is 12.4. The van der Waals surface area contributed by atoms with E-state index >= 15 is 0 Å². The third-order valence-corrected chi connectivity index (χ3v) is 3.49. The van der Waals surface area contributed by atoms with Crippen LogP contribution in [0.2, 0.25) is 0 Å². The van der Waals surface area contributed by atoms with Gasteiger partial charge in [0.05, 0.1) is 0 Å². The largest absolute Gasteiger partial charge is 0.365 e. The summed E-state index contributed by atoms with van der Waals surface area (Å²) < 4.78 is 0.817. The lowest BCUT2D eigenvalue weighted by Crippen LogP contribution is -2.36. The van der Waals surface area contributed by atoms with E-state index in [1.165, 1.54) is 0 Å². The van der Waals surface area contributed by atoms with E-state index in [4.69, 9.17) is 0 Å². The van der Waals surface area contributed by atoms with Gasteiger partial charge in [-0.3, -0.25) is 0 Å². The summed E-state index contributed by atoms with van der Waals surface area (Å²) >= 11 is 3.34. The zero-order chi connectivity index (χ0) is 11.3. The number of nitrogens with one attached hydrogen (secondary N) is 1. The third-order valence-electron chi connectivity index (χ3n) is 3.06. The molecule has 1 N–H and O–H groups in total. The molecular formula is C11H18BrN3. The van der Waals surface area contributed by atoms with Crippen LogP contribution in [0.25, 0.3) is 0 Å². The molecule has 0 aliphatic rings. The highest BCUT2D eigenvalue weighted by Gasteiger charge is 2.23. The molecule has 1 heterocycles. The Morgan fingerprint density at radius 3 is 2.27 bits per heavy atom. The van der Waals surface area contributed by atoms with Crippen LogP contribution in [-0.4, -0.2) is 15.5 Å². The van der Waals surface area contributed by atoms with Gasteiger partial charge in [0.1, 0.15) is 16.7 Å². The van der Waals surface area contributed by atoms with Gasteiger partial charge in [-0.1, -0.05) is 20.8 Å². The van der Waals surface area contributed by atoms with Gasteiger partial charge in [-0.05, 0) is 35.2 Å². The van der Waals surface area contributed by atoms with Crippen molar-refractivity contribution in [2.75, 3.05) is 5.32 Å². The maximum Gasteiger partial charge on any atom is 0.130 e. The zero-order valence-corrected chi connectivity index (χ0v) is 11.1. The standard InChI is InChI=1S/C11H18BrN3/c1-4-11(5-2,6-3)15-10-7-9(12)13-8-14-10/h7-8H,4-6H2,1-3H3,(H,13,14,15). The number of nitrogens with zero attached hydrogens (tertiary/aromatic N) is 2. The molecule has 1 aromatic heterocycles. The van der Waals surface area contributed by atoms with E-state index in [2.05, 4.69) is 52.0 Å². The van der Waals surface area contributed by atoms with Crippen molar-refractivity contribution in [1.82, 2.24) is 9.97 Å². The predicted octanol–water partition coefficient (Wildman–Crippen LogP) is 3.62. The van der Waals surface area contributed by atoms with Gasteiger partial charge < -0.3 is 5.32 Å². The average Bonchev–Trinajstić information content (AvgIpc) is 2.26. The Labute approximate surface area is 99.8 Å². The number of anilines is 1. The van der Waals surface area contributed by atoms with Crippen molar-refractivity contribution >= 4 is 21.7 Å². The van der Waals surface area contributed by atoms with Crippen LogP contribution in [0.3, 0.4) is 0 Å². The molecule has 0 saturated carbocycles. The maximum atomic E-state index is 4.22. The van der Waals surface area contributed by atoms with Gasteiger partial charge in [-0.15, -0.1) is 0 Å². The summed E-state index contributed by atoms with van der Waals surface area (Å²) in [5.41, 5.74) is 0.161. The molecule has 0 aliphatic heterocycles. The number of hydrogen-bond donors (Lipinski definition) is 1. The van der Waals surface area contributed by atoms with Crippen LogP contribution in [0.4, 0.5) is 5.82 Å². The molecule has 3 nitrogen and oxygen atoms in total. The number of halogens is 1. The van der Waals surface area contributed by atoms with Gasteiger partial charge in [0, 0.05) is 11.6 Å². The highest BCUT2D eigenvalue weighted by Crippen LogP contribution is 2.25. The summed E-state index contributed by atoms with van der Waals surface area (Å²) in [6, 6.07) is 1.91. The summed E-state index contributed by atoms with van der Waals surface area (Å²) in [7, 11) is 0. The fourth-order valence-electron chi connectivity index (χ4n) is 1.69. The van der Waals surface area contributed by atoms with E-state index in [9.17, 15) is 0 Å². The molecule has 0 atom stereocenters. The molecule has 1 rings (SSSR count). The van der Waals surface area contributed by atoms with Crippen molar-refractivity contribution in [3.05, 3.63) is 17.0 Å². The lowest BCUT2D eigenvalue weighted by Gasteiger charge is -2.32. The Balaban J connectivity index is 2.82. The summed E-state index contributed by atoms with van der Waals surface area (Å²) in [4.78, 5) is 8.23. The average molecular weight is 272 g/mol. The van der Waals surface area contributed by atoms with E-state index in [0.29, 0.717) is 0 Å². The summed E-state index contributed by atoms with van der Waals surface area (Å²) in [6.45, 7) is 6.61. The molecule has 0 fully saturated rings. The van der Waals surface area contributed by atoms with Gasteiger partial charge in [-0.25, -0.2) is 9.97 Å². The van der Waals surface area contributed by atoms with Crippen LogP contribution in [0.15, 0.2) is 17.0 Å². The van der Waals surface area contributed by atoms with Gasteiger partial charge in [0.25, 0.3) is 0 Å². The summed E-state index contributed by atoms with van der Waals surface area (Å²) in [5.74, 6) is 0.891. The van der Waals surface area contributed by atoms with Gasteiger partial charge in [-0.2, -0.15) is 0 Å². The second-order valence-corrected chi connectivity index (χ2v) is 4.50. The van der Waals surface area contributed by atoms with Crippen molar-refractivity contribution < 1.29 is 0 Å². The van der Waals surface area contributed by atoms with E-state index in [-0.39, 0.29) is 5.54 Å². The van der Waals surface area contributed by atoms with Crippen molar-refractivity contribution in [1.29, 1.82) is 0 Å². The highest BCUT2D eigenvalue weighted by molar-refractivity contribution is 9.10. The predicted molar refractivity (Wildman–Crippen MR) is 67.0 cm³/mol. The Bertz CT molecular complexity index is 302. The molecule has 84 valence electrons. The lowest BCUT2D eigenvalue weighted by molar-refractivity contribution is 0.419. The summed E-state index contributed by atoms with van der Waals surface area (Å²) in [5, 5.41) is 3.50. The molecule has 1 aromatic rings. The zero-order valence-electron chi connectivity index (χ0n) is 9.55. The van der Waals surface area contributed by atoms with Gasteiger partial charge in [0.15, 0.2) is 0 Å². The Morgan fingerprint density at radius 2 is 1.80 bits per heavy atom. The molecule has 0 saturated heterocycles. The topological polar surface area (TPSA) is 37.8 Å². The van der Waals surface area contributed by atoms with Crippen molar-refractivity contribution in [2.45, 2.75) is 45.6 Å². The fourth-order valence-corrected chi connectivity index (χ4v) is 2.00. The molecule has 15 heavy (non-hydrogen) atoms. The smallest absolute Gasteiger partial charge is 0.130 e. The van der Waals surface area contributed by atoms with Crippen LogP contribution in [-0.2, 0) is 0 Å². The van der Waals surface area contributed by atoms with Crippen LogP contribution < -0.4 is 5.32 Å². The third kappa shape index (κ3) is 3.16. The van der Waals surface area contributed by atoms with Crippen LogP contribution >= 0.6 is 15.9 Å². The van der Waals surface area contributed by atoms with Gasteiger partial charge >= 0.3 is 0 Å². The fraction of sp³-hybridized carbons (Fsp3) is 0.636. The first-order valence-electron chi connectivity index (χ1n) is 5.41. The Kier molecular flexibility index (Phi) is 4.51. The van der Waals surface area contributed by atoms with Crippen molar-refractivity contribution in [2.24, 2.45) is 0 Å². The monoisotopic (exact) mass is 271 g/mol. The second-order valence-electron chi connectivity index (χ2n) is 3.69. The highest BCUT2D eigenvalue weighted by atomic mass is 79.9. The second kappa shape index (κ2) is 5.45.